The van der Waals surface area contributed by atoms with E-state index < -0.39 is 0 Å². The Balaban J connectivity index is 1.55. The maximum Gasteiger partial charge on any atom is 0.255 e. The highest BCUT2D eigenvalue weighted by Gasteiger charge is 2.35. The van der Waals surface area contributed by atoms with E-state index in [2.05, 4.69) is 15.5 Å². The fourth-order valence-corrected chi connectivity index (χ4v) is 3.91. The van der Waals surface area contributed by atoms with E-state index in [0.717, 1.165) is 11.1 Å². The van der Waals surface area contributed by atoms with Crippen molar-refractivity contribution in [2.45, 2.75) is 18.3 Å². The monoisotopic (exact) mass is 413 g/mol. The summed E-state index contributed by atoms with van der Waals surface area (Å²) >= 11 is 5.95. The van der Waals surface area contributed by atoms with Gasteiger partial charge >= 0.3 is 0 Å². The summed E-state index contributed by atoms with van der Waals surface area (Å²) in [6.45, 7) is 1.55. The van der Waals surface area contributed by atoms with Gasteiger partial charge < -0.3 is 10.1 Å². The van der Waals surface area contributed by atoms with Crippen LogP contribution in [0.25, 0.3) is 11.3 Å². The number of ether oxygens (including phenoxy) is 1. The zero-order valence-corrected chi connectivity index (χ0v) is 16.5. The van der Waals surface area contributed by atoms with Crippen LogP contribution in [-0.4, -0.2) is 35.9 Å². The van der Waals surface area contributed by atoms with Gasteiger partial charge in [0.05, 0.1) is 17.5 Å². The summed E-state index contributed by atoms with van der Waals surface area (Å²) in [5.41, 5.74) is 2.43. The number of nitrogens with zero attached hydrogens (tertiary/aromatic N) is 1. The number of aromatic nitrogens is 2. The van der Waals surface area contributed by atoms with E-state index in [-0.39, 0.29) is 17.1 Å². The molecule has 0 radical (unpaired) electrons. The van der Waals surface area contributed by atoms with Crippen molar-refractivity contribution in [3.8, 4) is 11.3 Å². The smallest absolute Gasteiger partial charge is 0.255 e. The summed E-state index contributed by atoms with van der Waals surface area (Å²) < 4.78 is 19.4. The van der Waals surface area contributed by atoms with E-state index in [1.54, 1.807) is 24.3 Å². The Kier molecular flexibility index (Phi) is 5.65. The average molecular weight is 414 g/mol. The third kappa shape index (κ3) is 4.18. The molecule has 1 aliphatic heterocycles. The van der Waals surface area contributed by atoms with Crippen molar-refractivity contribution in [1.29, 1.82) is 0 Å². The number of halogens is 2. The second-order valence-corrected chi connectivity index (χ2v) is 7.69. The van der Waals surface area contributed by atoms with Crippen LogP contribution in [0.15, 0.2) is 54.7 Å². The van der Waals surface area contributed by atoms with E-state index >= 15 is 0 Å². The minimum atomic E-state index is -0.361. The summed E-state index contributed by atoms with van der Waals surface area (Å²) in [6, 6.07) is 13.8. The van der Waals surface area contributed by atoms with Crippen LogP contribution in [0.4, 0.5) is 4.39 Å². The lowest BCUT2D eigenvalue weighted by atomic mass is 9.74. The molecule has 2 heterocycles. The van der Waals surface area contributed by atoms with Crippen LogP contribution < -0.4 is 5.32 Å². The van der Waals surface area contributed by atoms with Crippen LogP contribution in [0, 0.1) is 5.82 Å². The lowest BCUT2D eigenvalue weighted by Gasteiger charge is -2.38. The van der Waals surface area contributed by atoms with Crippen LogP contribution in [-0.2, 0) is 10.2 Å². The van der Waals surface area contributed by atoms with Crippen molar-refractivity contribution in [2.75, 3.05) is 19.8 Å². The van der Waals surface area contributed by atoms with Gasteiger partial charge in [-0.3, -0.25) is 9.89 Å². The molecule has 7 heteroatoms. The molecule has 1 amide bonds. The molecule has 150 valence electrons. The maximum atomic E-state index is 13.8. The Morgan fingerprint density at radius 2 is 1.97 bits per heavy atom. The summed E-state index contributed by atoms with van der Waals surface area (Å²) in [5.74, 6) is -0.509. The van der Waals surface area contributed by atoms with Crippen LogP contribution in [0.3, 0.4) is 0 Å². The molecule has 0 saturated carbocycles. The van der Waals surface area contributed by atoms with Crippen molar-refractivity contribution >= 4 is 17.5 Å². The molecular formula is C22H21ClFN3O2. The standard InChI is InChI=1S/C22H21ClFN3O2/c23-17-6-4-15(5-7-17)20-19(13-26-27-20)21(28)25-14-22(8-10-29-11-9-22)16-2-1-3-18(24)12-16/h1-7,12-13H,8-11,14H2,(H,25,28)(H,26,27). The average Bonchev–Trinajstić information content (AvgIpc) is 3.23. The Hall–Kier alpha value is -2.70. The number of aromatic amines is 1. The molecule has 1 fully saturated rings. The first-order chi connectivity index (χ1) is 14.1. The van der Waals surface area contributed by atoms with Gasteiger partial charge in [-0.2, -0.15) is 5.10 Å². The molecule has 5 nitrogen and oxygen atoms in total. The van der Waals surface area contributed by atoms with E-state index in [4.69, 9.17) is 16.3 Å². The topological polar surface area (TPSA) is 67.0 Å². The summed E-state index contributed by atoms with van der Waals surface area (Å²) in [5, 5.41) is 10.6. The molecular weight excluding hydrogens is 393 g/mol. The zero-order chi connectivity index (χ0) is 20.3. The predicted octanol–water partition coefficient (Wildman–Crippen LogP) is 4.35. The predicted molar refractivity (Wildman–Crippen MR) is 109 cm³/mol. The molecule has 0 aliphatic carbocycles. The number of benzene rings is 2. The minimum Gasteiger partial charge on any atom is -0.381 e. The number of rotatable bonds is 5. The molecule has 0 spiro atoms. The van der Waals surface area contributed by atoms with Crippen LogP contribution in [0.5, 0.6) is 0 Å². The number of amides is 1. The second kappa shape index (κ2) is 8.35. The van der Waals surface area contributed by atoms with Crippen LogP contribution >= 0.6 is 11.6 Å². The van der Waals surface area contributed by atoms with Gasteiger partial charge in [-0.05, 0) is 42.7 Å². The Morgan fingerprint density at radius 3 is 2.69 bits per heavy atom. The molecule has 1 saturated heterocycles. The molecule has 3 aromatic rings. The third-order valence-corrected chi connectivity index (χ3v) is 5.74. The van der Waals surface area contributed by atoms with E-state index in [1.165, 1.54) is 12.3 Å². The van der Waals surface area contributed by atoms with E-state index in [1.807, 2.05) is 18.2 Å². The summed E-state index contributed by atoms with van der Waals surface area (Å²) in [7, 11) is 0. The van der Waals surface area contributed by atoms with E-state index in [9.17, 15) is 9.18 Å². The number of carbonyl (C=O) groups excluding carboxylic acids is 1. The number of nitrogens with one attached hydrogen (secondary N) is 2. The van der Waals surface area contributed by atoms with Crippen molar-refractivity contribution in [2.24, 2.45) is 0 Å². The van der Waals surface area contributed by atoms with Gasteiger partial charge in [-0.15, -0.1) is 0 Å². The van der Waals surface area contributed by atoms with Gasteiger partial charge in [0.15, 0.2) is 0 Å². The van der Waals surface area contributed by atoms with Crippen LogP contribution in [0.2, 0.25) is 5.02 Å². The first-order valence-corrected chi connectivity index (χ1v) is 9.86. The number of hydrogen-bond acceptors (Lipinski definition) is 3. The molecule has 29 heavy (non-hydrogen) atoms. The lowest BCUT2D eigenvalue weighted by molar-refractivity contribution is 0.0486. The quantitative estimate of drug-likeness (QED) is 0.653. The van der Waals surface area contributed by atoms with Crippen molar-refractivity contribution < 1.29 is 13.9 Å². The largest absolute Gasteiger partial charge is 0.381 e. The molecule has 0 atom stereocenters. The third-order valence-electron chi connectivity index (χ3n) is 5.49. The molecule has 0 bridgehead atoms. The normalized spacial score (nSPS) is 15.8. The van der Waals surface area contributed by atoms with Crippen molar-refractivity contribution in [3.63, 3.8) is 0 Å². The maximum absolute atomic E-state index is 13.8. The minimum absolute atomic E-state index is 0.231. The Bertz CT molecular complexity index is 997. The van der Waals surface area contributed by atoms with Crippen molar-refractivity contribution in [1.82, 2.24) is 15.5 Å². The first kappa shape index (κ1) is 19.6. The number of carbonyl (C=O) groups is 1. The van der Waals surface area contributed by atoms with Gasteiger partial charge in [0.25, 0.3) is 5.91 Å². The lowest BCUT2D eigenvalue weighted by Crippen LogP contribution is -2.44. The molecule has 2 aromatic carbocycles. The number of hydrogen-bond donors (Lipinski definition) is 2. The number of H-pyrrole nitrogens is 1. The molecule has 0 unspecified atom stereocenters. The highest BCUT2D eigenvalue weighted by molar-refractivity contribution is 6.30. The highest BCUT2D eigenvalue weighted by atomic mass is 35.5. The van der Waals surface area contributed by atoms with Gasteiger partial charge in [0, 0.05) is 35.8 Å². The van der Waals surface area contributed by atoms with E-state index in [0.29, 0.717) is 48.9 Å². The molecule has 2 N–H and O–H groups in total. The molecule has 1 aromatic heterocycles. The SMILES string of the molecule is O=C(NCC1(c2cccc(F)c2)CCOCC1)c1cn[nH]c1-c1ccc(Cl)cc1. The van der Waals surface area contributed by atoms with Gasteiger partial charge in [0.1, 0.15) is 5.82 Å². The zero-order valence-electron chi connectivity index (χ0n) is 15.8. The highest BCUT2D eigenvalue weighted by Crippen LogP contribution is 2.35. The Morgan fingerprint density at radius 1 is 1.21 bits per heavy atom. The van der Waals surface area contributed by atoms with Crippen LogP contribution in [0.1, 0.15) is 28.8 Å². The molecule has 1 aliphatic rings. The van der Waals surface area contributed by atoms with Gasteiger partial charge in [-0.25, -0.2) is 4.39 Å². The van der Waals surface area contributed by atoms with Crippen molar-refractivity contribution in [3.05, 3.63) is 76.7 Å². The summed E-state index contributed by atoms with van der Waals surface area (Å²) in [4.78, 5) is 12.9. The summed E-state index contributed by atoms with van der Waals surface area (Å²) in [6.07, 6.45) is 2.94. The van der Waals surface area contributed by atoms with Gasteiger partial charge in [0.2, 0.25) is 0 Å². The first-order valence-electron chi connectivity index (χ1n) is 9.49. The molecule has 4 rings (SSSR count). The second-order valence-electron chi connectivity index (χ2n) is 7.25. The fourth-order valence-electron chi connectivity index (χ4n) is 3.79. The fraction of sp³-hybridized carbons (Fsp3) is 0.273. The van der Waals surface area contributed by atoms with Gasteiger partial charge in [-0.1, -0.05) is 35.9 Å². The Labute approximate surface area is 173 Å².